The van der Waals surface area contributed by atoms with Gasteiger partial charge in [0.05, 0.1) is 18.7 Å². The Morgan fingerprint density at radius 1 is 1.31 bits per heavy atom. The fourth-order valence-corrected chi connectivity index (χ4v) is 1.55. The van der Waals surface area contributed by atoms with Crippen molar-refractivity contribution >= 4 is 12.2 Å². The Morgan fingerprint density at radius 3 is 2.56 bits per heavy atom. The van der Waals surface area contributed by atoms with Crippen LogP contribution in [0.2, 0.25) is 0 Å². The van der Waals surface area contributed by atoms with Gasteiger partial charge in [-0.15, -0.1) is 5.16 Å². The van der Waals surface area contributed by atoms with Gasteiger partial charge in [0, 0.05) is 0 Å². The van der Waals surface area contributed by atoms with Gasteiger partial charge in [-0.1, -0.05) is 39.0 Å². The highest BCUT2D eigenvalue weighted by Gasteiger charge is 2.17. The van der Waals surface area contributed by atoms with E-state index in [0.717, 1.165) is 12.8 Å². The quantitative estimate of drug-likeness (QED) is 0.217. The van der Waals surface area contributed by atoms with Gasteiger partial charge in [0.1, 0.15) is 0 Å². The van der Waals surface area contributed by atoms with Gasteiger partial charge in [-0.05, 0) is 13.3 Å². The molecular formula is C12H23NO3. The SMILES string of the molecule is CCCCCCCC(/C=N\O)C(=O)OCC. The first kappa shape index (κ1) is 14.9. The van der Waals surface area contributed by atoms with E-state index in [2.05, 4.69) is 12.1 Å². The monoisotopic (exact) mass is 229 g/mol. The van der Waals surface area contributed by atoms with Crippen molar-refractivity contribution in [3.8, 4) is 0 Å². The molecule has 0 aliphatic rings. The summed E-state index contributed by atoms with van der Waals surface area (Å²) in [6.07, 6.45) is 7.68. The number of hydrogen-bond donors (Lipinski definition) is 1. The van der Waals surface area contributed by atoms with Crippen LogP contribution in [0, 0.1) is 5.92 Å². The summed E-state index contributed by atoms with van der Waals surface area (Å²) in [6.45, 7) is 4.30. The molecule has 0 aliphatic heterocycles. The molecule has 0 rings (SSSR count). The molecule has 1 N–H and O–H groups in total. The lowest BCUT2D eigenvalue weighted by molar-refractivity contribution is -0.145. The van der Waals surface area contributed by atoms with Crippen molar-refractivity contribution in [2.24, 2.45) is 11.1 Å². The number of oxime groups is 1. The summed E-state index contributed by atoms with van der Waals surface area (Å²) in [5, 5.41) is 11.4. The van der Waals surface area contributed by atoms with Crippen LogP contribution in [-0.4, -0.2) is 24.0 Å². The number of unbranched alkanes of at least 4 members (excludes halogenated alkanes) is 4. The molecular weight excluding hydrogens is 206 g/mol. The molecule has 0 radical (unpaired) electrons. The zero-order valence-corrected chi connectivity index (χ0v) is 10.3. The van der Waals surface area contributed by atoms with E-state index in [0.29, 0.717) is 13.0 Å². The molecule has 0 aromatic carbocycles. The van der Waals surface area contributed by atoms with Crippen LogP contribution in [0.25, 0.3) is 0 Å². The lowest BCUT2D eigenvalue weighted by atomic mass is 10.0. The summed E-state index contributed by atoms with van der Waals surface area (Å²) in [7, 11) is 0. The molecule has 0 aromatic heterocycles. The Kier molecular flexibility index (Phi) is 9.76. The second kappa shape index (κ2) is 10.5. The number of ether oxygens (including phenoxy) is 1. The van der Waals surface area contributed by atoms with Crippen molar-refractivity contribution in [2.75, 3.05) is 6.61 Å². The molecule has 0 amide bonds. The molecule has 0 saturated heterocycles. The van der Waals surface area contributed by atoms with Crippen LogP contribution >= 0.6 is 0 Å². The Hall–Kier alpha value is -1.06. The number of carbonyl (C=O) groups is 1. The summed E-state index contributed by atoms with van der Waals surface area (Å²) >= 11 is 0. The van der Waals surface area contributed by atoms with Gasteiger partial charge in [-0.2, -0.15) is 0 Å². The molecule has 0 aromatic rings. The predicted octanol–water partition coefficient (Wildman–Crippen LogP) is 2.99. The minimum atomic E-state index is -0.397. The maximum atomic E-state index is 11.4. The number of carbonyl (C=O) groups excluding carboxylic acids is 1. The highest BCUT2D eigenvalue weighted by Crippen LogP contribution is 2.12. The highest BCUT2D eigenvalue weighted by atomic mass is 16.5. The average molecular weight is 229 g/mol. The first-order valence-corrected chi connectivity index (χ1v) is 6.10. The fourth-order valence-electron chi connectivity index (χ4n) is 1.55. The number of nitrogens with zero attached hydrogens (tertiary/aromatic N) is 1. The van der Waals surface area contributed by atoms with Crippen LogP contribution < -0.4 is 0 Å². The number of hydrogen-bond acceptors (Lipinski definition) is 4. The zero-order valence-electron chi connectivity index (χ0n) is 10.3. The van der Waals surface area contributed by atoms with Gasteiger partial charge in [0.15, 0.2) is 0 Å². The summed E-state index contributed by atoms with van der Waals surface area (Å²) in [4.78, 5) is 11.4. The third-order valence-electron chi connectivity index (χ3n) is 2.45. The van der Waals surface area contributed by atoms with E-state index in [1.54, 1.807) is 6.92 Å². The summed E-state index contributed by atoms with van der Waals surface area (Å²) in [5.41, 5.74) is 0. The summed E-state index contributed by atoms with van der Waals surface area (Å²) in [5.74, 6) is -0.692. The van der Waals surface area contributed by atoms with Crippen molar-refractivity contribution in [1.29, 1.82) is 0 Å². The van der Waals surface area contributed by atoms with E-state index in [4.69, 9.17) is 9.94 Å². The number of rotatable bonds is 9. The van der Waals surface area contributed by atoms with E-state index in [9.17, 15) is 4.79 Å². The van der Waals surface area contributed by atoms with Gasteiger partial charge < -0.3 is 9.94 Å². The van der Waals surface area contributed by atoms with Crippen molar-refractivity contribution in [2.45, 2.75) is 52.4 Å². The Labute approximate surface area is 97.7 Å². The first-order valence-electron chi connectivity index (χ1n) is 6.10. The molecule has 1 unspecified atom stereocenters. The Morgan fingerprint density at radius 2 is 2.00 bits per heavy atom. The van der Waals surface area contributed by atoms with E-state index >= 15 is 0 Å². The van der Waals surface area contributed by atoms with Gasteiger partial charge >= 0.3 is 5.97 Å². The topological polar surface area (TPSA) is 58.9 Å². The zero-order chi connectivity index (χ0) is 12.2. The molecule has 4 heteroatoms. The predicted molar refractivity (Wildman–Crippen MR) is 63.8 cm³/mol. The fraction of sp³-hybridized carbons (Fsp3) is 0.833. The van der Waals surface area contributed by atoms with Crippen LogP contribution in [-0.2, 0) is 9.53 Å². The molecule has 0 fully saturated rings. The van der Waals surface area contributed by atoms with Crippen molar-refractivity contribution in [3.05, 3.63) is 0 Å². The maximum absolute atomic E-state index is 11.4. The van der Waals surface area contributed by atoms with Gasteiger partial charge in [0.25, 0.3) is 0 Å². The first-order chi connectivity index (χ1) is 7.76. The van der Waals surface area contributed by atoms with E-state index < -0.39 is 5.92 Å². The van der Waals surface area contributed by atoms with Gasteiger partial charge in [0.2, 0.25) is 0 Å². The van der Waals surface area contributed by atoms with Crippen molar-refractivity contribution in [3.63, 3.8) is 0 Å². The minimum absolute atomic E-state index is 0.296. The van der Waals surface area contributed by atoms with E-state index in [-0.39, 0.29) is 5.97 Å². The molecule has 0 saturated carbocycles. The second-order valence-electron chi connectivity index (χ2n) is 3.83. The Bertz CT molecular complexity index is 204. The second-order valence-corrected chi connectivity index (χ2v) is 3.83. The van der Waals surface area contributed by atoms with Crippen molar-refractivity contribution < 1.29 is 14.7 Å². The smallest absolute Gasteiger partial charge is 0.314 e. The van der Waals surface area contributed by atoms with Gasteiger partial charge in [-0.3, -0.25) is 4.79 Å². The molecule has 1 atom stereocenters. The molecule has 94 valence electrons. The van der Waals surface area contributed by atoms with E-state index in [1.165, 1.54) is 25.5 Å². The average Bonchev–Trinajstić information content (AvgIpc) is 2.27. The molecule has 16 heavy (non-hydrogen) atoms. The number of esters is 1. The Balaban J connectivity index is 3.80. The standard InChI is InChI=1S/C12H23NO3/c1-3-5-6-7-8-9-11(10-13-15)12(14)16-4-2/h10-11,15H,3-9H2,1-2H3/b13-10-. The summed E-state index contributed by atoms with van der Waals surface area (Å²) in [6, 6.07) is 0. The minimum Gasteiger partial charge on any atom is -0.465 e. The normalized spacial score (nSPS) is 12.9. The third-order valence-corrected chi connectivity index (χ3v) is 2.45. The lowest BCUT2D eigenvalue weighted by Crippen LogP contribution is -2.19. The highest BCUT2D eigenvalue weighted by molar-refractivity contribution is 5.89. The van der Waals surface area contributed by atoms with E-state index in [1.807, 2.05) is 0 Å². The summed E-state index contributed by atoms with van der Waals surface area (Å²) < 4.78 is 4.89. The molecule has 0 heterocycles. The van der Waals surface area contributed by atoms with Crippen LogP contribution in [0.5, 0.6) is 0 Å². The van der Waals surface area contributed by atoms with Crippen molar-refractivity contribution in [1.82, 2.24) is 0 Å². The van der Waals surface area contributed by atoms with Crippen LogP contribution in [0.15, 0.2) is 5.16 Å². The van der Waals surface area contributed by atoms with Crippen LogP contribution in [0.1, 0.15) is 52.4 Å². The molecule has 4 nitrogen and oxygen atoms in total. The molecule has 0 bridgehead atoms. The molecule has 0 spiro atoms. The maximum Gasteiger partial charge on any atom is 0.314 e. The largest absolute Gasteiger partial charge is 0.465 e. The van der Waals surface area contributed by atoms with Gasteiger partial charge in [-0.25, -0.2) is 0 Å². The van der Waals surface area contributed by atoms with Crippen LogP contribution in [0.3, 0.4) is 0 Å². The molecule has 0 aliphatic carbocycles. The third kappa shape index (κ3) is 7.26. The van der Waals surface area contributed by atoms with Crippen LogP contribution in [0.4, 0.5) is 0 Å². The lowest BCUT2D eigenvalue weighted by Gasteiger charge is -2.09.